The van der Waals surface area contributed by atoms with Crippen LogP contribution in [0, 0.1) is 6.92 Å². The zero-order valence-electron chi connectivity index (χ0n) is 49.0. The van der Waals surface area contributed by atoms with Gasteiger partial charge in [-0.25, -0.2) is 14.3 Å². The van der Waals surface area contributed by atoms with E-state index < -0.39 is 12.1 Å². The minimum atomic E-state index is -0.616. The number of hydrogen-bond acceptors (Lipinski definition) is 14. The lowest BCUT2D eigenvalue weighted by atomic mass is 9.93. The van der Waals surface area contributed by atoms with E-state index >= 15 is 4.79 Å². The van der Waals surface area contributed by atoms with Crippen LogP contribution in [0.15, 0.2) is 108 Å². The fourth-order valence-electron chi connectivity index (χ4n) is 10.6. The Kier molecular flexibility index (Phi) is 21.7. The maximum atomic E-state index is 15.1. The van der Waals surface area contributed by atoms with E-state index in [2.05, 4.69) is 30.3 Å². The summed E-state index contributed by atoms with van der Waals surface area (Å²) in [6.07, 6.45) is 3.66. The lowest BCUT2D eigenvalue weighted by Crippen LogP contribution is -2.56. The lowest BCUT2D eigenvalue weighted by molar-refractivity contribution is -0.135. The summed E-state index contributed by atoms with van der Waals surface area (Å²) in [4.78, 5) is 72.4. The fraction of sp³-hybridized carbons (Fsp3) is 0.444. The average molecular weight is 1210 g/mol. The first kappa shape index (κ1) is 62.2. The zero-order valence-corrected chi connectivity index (χ0v) is 50.6. The van der Waals surface area contributed by atoms with Crippen molar-refractivity contribution in [2.24, 2.45) is 4.99 Å². The van der Waals surface area contributed by atoms with Gasteiger partial charge >= 0.3 is 6.03 Å². The van der Waals surface area contributed by atoms with Gasteiger partial charge in [0.1, 0.15) is 47.3 Å². The van der Waals surface area contributed by atoms with Crippen LogP contribution in [0.5, 0.6) is 17.2 Å². The third-order valence-electron chi connectivity index (χ3n) is 14.8. The molecule has 4 atom stereocenters. The highest BCUT2D eigenvalue weighted by Gasteiger charge is 2.46. The van der Waals surface area contributed by atoms with Crippen LogP contribution < -0.4 is 19.5 Å². The number of fused-ring (bicyclic) bond motifs is 2. The molecule has 1 N–H and O–H groups in total. The monoisotopic (exact) mass is 1200 g/mol. The number of nitrogens with one attached hydrogen (secondary N) is 1. The number of nitrogens with zero attached hydrogens (tertiary/aromatic N) is 8. The molecular formula is C63H75Cl2N9O11. The number of methoxy groups -OCH3 is 1. The number of hydrogen-bond donors (Lipinski definition) is 1. The Morgan fingerprint density at radius 2 is 1.46 bits per heavy atom. The molecule has 0 unspecified atom stereocenters. The lowest BCUT2D eigenvalue weighted by Gasteiger charge is -2.38. The molecule has 0 spiro atoms. The summed E-state index contributed by atoms with van der Waals surface area (Å²) in [6.45, 7) is 14.1. The van der Waals surface area contributed by atoms with Crippen LogP contribution in [-0.4, -0.2) is 182 Å². The Labute approximate surface area is 506 Å². The van der Waals surface area contributed by atoms with E-state index in [1.807, 2.05) is 75.5 Å². The Balaban J connectivity index is 0.667. The highest BCUT2D eigenvalue weighted by atomic mass is 35.5. The van der Waals surface area contributed by atoms with Crippen molar-refractivity contribution in [2.75, 3.05) is 106 Å². The molecule has 6 aromatic rings. The first-order valence-electron chi connectivity index (χ1n) is 28.9. The molecular weight excluding hydrogens is 1130 g/mol. The molecule has 3 aliphatic rings. The molecule has 2 bridgehead atoms. The largest absolute Gasteiger partial charge is 0.497 e. The molecule has 3 aliphatic heterocycles. The molecule has 1 fully saturated rings. The van der Waals surface area contributed by atoms with E-state index in [1.165, 1.54) is 0 Å². The van der Waals surface area contributed by atoms with Crippen LogP contribution in [0.3, 0.4) is 0 Å². The van der Waals surface area contributed by atoms with E-state index in [0.29, 0.717) is 110 Å². The number of carbonyl (C=O) groups excluding carboxylic acids is 4. The number of aliphatic imine (C=N–C) groups is 1. The molecule has 5 heterocycles. The SMILES string of the molecule is COc1ccc(C2=N[C@H](c3ccc(Cl)cc3)[C@H](c3ccc(Cl)cc3)N2C(=O)N2CCN(CCOCCOCCOCCOCCC(=O)NCCN3C[C@H](C)Oc4ccc(C)cc4[C@@H](C)Cc4ccn5ncc(c5n4)C3=O)C(=O)C2)c(OC(C)C)c1. The predicted octanol–water partition coefficient (Wildman–Crippen LogP) is 8.79. The van der Waals surface area contributed by atoms with Crippen LogP contribution in [-0.2, 0) is 35.0 Å². The maximum absolute atomic E-state index is 15.1. The molecule has 22 heteroatoms. The Morgan fingerprint density at radius 1 is 0.776 bits per heavy atom. The Bertz CT molecular complexity index is 3290. The van der Waals surface area contributed by atoms with Gasteiger partial charge in [-0.15, -0.1) is 0 Å². The molecule has 452 valence electrons. The summed E-state index contributed by atoms with van der Waals surface area (Å²) in [5.74, 6) is 1.73. The number of carbonyl (C=O) groups is 4. The highest BCUT2D eigenvalue weighted by Crippen LogP contribution is 2.46. The van der Waals surface area contributed by atoms with Crippen molar-refractivity contribution in [1.82, 2.24) is 39.5 Å². The first-order valence-corrected chi connectivity index (χ1v) is 29.7. The van der Waals surface area contributed by atoms with Gasteiger partial charge in [0.15, 0.2) is 5.65 Å². The van der Waals surface area contributed by atoms with Gasteiger partial charge < -0.3 is 53.2 Å². The molecule has 1 saturated heterocycles. The molecule has 2 aromatic heterocycles. The molecule has 5 amide bonds. The third-order valence-corrected chi connectivity index (χ3v) is 15.3. The quantitative estimate of drug-likeness (QED) is 0.0565. The van der Waals surface area contributed by atoms with Gasteiger partial charge in [-0.1, -0.05) is 72.1 Å². The van der Waals surface area contributed by atoms with E-state index in [9.17, 15) is 14.4 Å². The second-order valence-electron chi connectivity index (χ2n) is 21.5. The minimum absolute atomic E-state index is 0.121. The summed E-state index contributed by atoms with van der Waals surface area (Å²) >= 11 is 12.7. The second kappa shape index (κ2) is 29.7. The molecule has 9 rings (SSSR count). The number of halogens is 2. The number of benzene rings is 4. The number of piperazine rings is 1. The molecule has 0 radical (unpaired) electrons. The number of aromatic nitrogens is 3. The summed E-state index contributed by atoms with van der Waals surface area (Å²) in [7, 11) is 1.58. The van der Waals surface area contributed by atoms with E-state index in [4.69, 9.17) is 66.3 Å². The fourth-order valence-corrected chi connectivity index (χ4v) is 10.8. The smallest absolute Gasteiger partial charge is 0.326 e. The molecule has 4 aromatic carbocycles. The zero-order chi connectivity index (χ0) is 60.0. The Morgan fingerprint density at radius 3 is 2.14 bits per heavy atom. The van der Waals surface area contributed by atoms with E-state index in [-0.39, 0.29) is 87.6 Å². The van der Waals surface area contributed by atoms with Crippen molar-refractivity contribution < 1.29 is 52.3 Å². The molecule has 20 nitrogen and oxygen atoms in total. The van der Waals surface area contributed by atoms with Crippen molar-refractivity contribution in [2.45, 2.75) is 77.7 Å². The van der Waals surface area contributed by atoms with Crippen molar-refractivity contribution in [3.63, 3.8) is 0 Å². The second-order valence-corrected chi connectivity index (χ2v) is 22.4. The summed E-state index contributed by atoms with van der Waals surface area (Å²) in [5.41, 5.74) is 6.20. The number of urea groups is 1. The normalized spacial score (nSPS) is 18.2. The van der Waals surface area contributed by atoms with E-state index in [1.54, 1.807) is 73.8 Å². The van der Waals surface area contributed by atoms with Crippen LogP contribution in [0.4, 0.5) is 4.79 Å². The number of amides is 5. The third kappa shape index (κ3) is 16.2. The molecule has 85 heavy (non-hydrogen) atoms. The number of aryl methyl sites for hydroxylation is 1. The maximum Gasteiger partial charge on any atom is 0.326 e. The van der Waals surface area contributed by atoms with Crippen molar-refractivity contribution in [3.05, 3.63) is 153 Å². The van der Waals surface area contributed by atoms with Crippen molar-refractivity contribution in [1.29, 1.82) is 0 Å². The van der Waals surface area contributed by atoms with Crippen molar-refractivity contribution >= 4 is 58.4 Å². The first-order chi connectivity index (χ1) is 41.1. The summed E-state index contributed by atoms with van der Waals surface area (Å²) in [5, 5.41) is 8.44. The number of ether oxygens (including phenoxy) is 7. The van der Waals surface area contributed by atoms with E-state index in [0.717, 1.165) is 33.7 Å². The van der Waals surface area contributed by atoms with Crippen LogP contribution in [0.1, 0.15) is 96.0 Å². The standard InChI is InChI=1S/C63H75Cl2N9O11/c1-41(2)84-55-37-50(79-6)16-17-51(55)61-69-58(45-8-12-47(64)13-9-45)59(46-10-14-48(65)15-11-46)74(61)63(78)72-25-24-70(57(76)40-72)26-28-81-30-32-83-34-33-82-31-29-80-27-20-56(75)66-21-23-71-39-44(5)85-54-18-7-42(3)35-52(54)43(4)36-49-19-22-73-60(68-49)53(38-67-73)62(71)77/h7-19,22,35,37-38,41,43-44,58-59H,20-21,23-34,36,39-40H2,1-6H3,(H,66,75)/t43-,44-,58+,59-/m0/s1. The molecule has 0 saturated carbocycles. The van der Waals surface area contributed by atoms with Crippen LogP contribution in [0.2, 0.25) is 10.0 Å². The topological polar surface area (TPSA) is 200 Å². The molecule has 0 aliphatic carbocycles. The number of amidine groups is 1. The van der Waals surface area contributed by atoms with Gasteiger partial charge in [-0.3, -0.25) is 24.3 Å². The van der Waals surface area contributed by atoms with Gasteiger partial charge in [-0.2, -0.15) is 5.10 Å². The summed E-state index contributed by atoms with van der Waals surface area (Å²) < 4.78 is 42.8. The number of rotatable bonds is 24. The highest BCUT2D eigenvalue weighted by molar-refractivity contribution is 6.30. The Hall–Kier alpha value is -7.33. The minimum Gasteiger partial charge on any atom is -0.497 e. The van der Waals surface area contributed by atoms with Crippen molar-refractivity contribution in [3.8, 4) is 17.2 Å². The predicted molar refractivity (Wildman–Crippen MR) is 322 cm³/mol. The van der Waals surface area contributed by atoms with Gasteiger partial charge in [0.2, 0.25) is 11.8 Å². The van der Waals surface area contributed by atoms with Gasteiger partial charge in [0, 0.05) is 67.1 Å². The van der Waals surface area contributed by atoms with Gasteiger partial charge in [-0.05, 0) is 105 Å². The van der Waals surface area contributed by atoms with Gasteiger partial charge in [0.25, 0.3) is 5.91 Å². The average Bonchev–Trinajstić information content (AvgIpc) is 3.08. The summed E-state index contributed by atoms with van der Waals surface area (Å²) in [6, 6.07) is 26.8. The van der Waals surface area contributed by atoms with Crippen LogP contribution >= 0.6 is 23.2 Å². The van der Waals surface area contributed by atoms with Crippen LogP contribution in [0.25, 0.3) is 5.65 Å². The van der Waals surface area contributed by atoms with Gasteiger partial charge in [0.05, 0.1) is 90.4 Å².